The standard InChI is InChI=1S/C19H20BrF2N5O3S2Si/c1-30-17-9(5-13(21)22)7-23-19(26-17)27-32(28,29)16-10-6-12(20)15-11(8-24-31-15)14(10)25-18(16)33(2,3)4/h6-8,13,25H,5H2,1-4H3,(H,23,26,27). The number of anilines is 1. The SMILES string of the molecule is COc1nc(NS(=O)(=O)c2c([Si](C)(C)C)[nH]c3c2cc(Br)c2sncc23)ncc1CC(F)F. The highest BCUT2D eigenvalue weighted by Gasteiger charge is 2.33. The van der Waals surface area contributed by atoms with Gasteiger partial charge in [0, 0.05) is 38.7 Å². The first kappa shape index (κ1) is 24.0. The van der Waals surface area contributed by atoms with E-state index in [1.807, 2.05) is 19.6 Å². The largest absolute Gasteiger partial charge is 0.481 e. The molecule has 1 aromatic carbocycles. The summed E-state index contributed by atoms with van der Waals surface area (Å²) in [4.78, 5) is 11.4. The van der Waals surface area contributed by atoms with Crippen LogP contribution in [0.5, 0.6) is 5.88 Å². The summed E-state index contributed by atoms with van der Waals surface area (Å²) in [5.74, 6) is -0.376. The fraction of sp³-hybridized carbons (Fsp3) is 0.316. The second-order valence-corrected chi connectivity index (χ2v) is 16.6. The van der Waals surface area contributed by atoms with E-state index in [2.05, 4.69) is 40.0 Å². The summed E-state index contributed by atoms with van der Waals surface area (Å²) in [6.45, 7) is 6.11. The fourth-order valence-corrected chi connectivity index (χ4v) is 8.70. The van der Waals surface area contributed by atoms with Crippen LogP contribution in [0.1, 0.15) is 5.56 Å². The van der Waals surface area contributed by atoms with Gasteiger partial charge in [-0.3, -0.25) is 0 Å². The molecule has 0 aliphatic rings. The van der Waals surface area contributed by atoms with Crippen molar-refractivity contribution in [1.29, 1.82) is 0 Å². The molecule has 0 unspecified atom stereocenters. The highest BCUT2D eigenvalue weighted by atomic mass is 79.9. The van der Waals surface area contributed by atoms with Crippen LogP contribution in [0.4, 0.5) is 14.7 Å². The van der Waals surface area contributed by atoms with Crippen molar-refractivity contribution >= 4 is 77.8 Å². The van der Waals surface area contributed by atoms with Crippen molar-refractivity contribution in [2.75, 3.05) is 11.8 Å². The smallest absolute Gasteiger partial charge is 0.266 e. The van der Waals surface area contributed by atoms with Gasteiger partial charge in [-0.05, 0) is 33.5 Å². The van der Waals surface area contributed by atoms with Gasteiger partial charge in [-0.25, -0.2) is 26.9 Å². The number of hydrogen-bond donors (Lipinski definition) is 2. The van der Waals surface area contributed by atoms with E-state index in [0.29, 0.717) is 16.2 Å². The maximum Gasteiger partial charge on any atom is 0.266 e. The van der Waals surface area contributed by atoms with Gasteiger partial charge in [0.25, 0.3) is 10.0 Å². The Labute approximate surface area is 202 Å². The molecule has 0 saturated heterocycles. The lowest BCUT2D eigenvalue weighted by Gasteiger charge is -2.17. The number of halogens is 3. The fourth-order valence-electron chi connectivity index (χ4n) is 3.53. The zero-order valence-electron chi connectivity index (χ0n) is 18.0. The van der Waals surface area contributed by atoms with Gasteiger partial charge in [-0.15, -0.1) is 0 Å². The van der Waals surface area contributed by atoms with Crippen LogP contribution in [0.15, 0.2) is 27.8 Å². The summed E-state index contributed by atoms with van der Waals surface area (Å²) in [5.41, 5.74) is 0.771. The number of ether oxygens (including phenoxy) is 1. The monoisotopic (exact) mass is 575 g/mol. The van der Waals surface area contributed by atoms with Crippen LogP contribution < -0.4 is 14.8 Å². The first-order chi connectivity index (χ1) is 15.4. The molecule has 176 valence electrons. The Hall–Kier alpha value is -2.16. The van der Waals surface area contributed by atoms with Gasteiger partial charge in [0.2, 0.25) is 18.3 Å². The molecule has 3 heterocycles. The second kappa shape index (κ2) is 8.56. The van der Waals surface area contributed by atoms with Gasteiger partial charge in [-0.2, -0.15) is 9.36 Å². The number of rotatable bonds is 7. The van der Waals surface area contributed by atoms with Gasteiger partial charge in [-0.1, -0.05) is 19.6 Å². The summed E-state index contributed by atoms with van der Waals surface area (Å²) in [7, 11) is -5.05. The van der Waals surface area contributed by atoms with Crippen molar-refractivity contribution in [3.63, 3.8) is 0 Å². The third-order valence-electron chi connectivity index (χ3n) is 4.96. The molecule has 0 bridgehead atoms. The van der Waals surface area contributed by atoms with Crippen molar-refractivity contribution in [1.82, 2.24) is 19.3 Å². The van der Waals surface area contributed by atoms with Gasteiger partial charge in [0.05, 0.1) is 23.5 Å². The number of nitrogens with one attached hydrogen (secondary N) is 2. The molecule has 0 spiro atoms. The summed E-state index contributed by atoms with van der Waals surface area (Å²) in [6.07, 6.45) is -0.368. The number of aromatic amines is 1. The lowest BCUT2D eigenvalue weighted by Crippen LogP contribution is -2.42. The molecular formula is C19H20BrF2N5O3S2Si. The van der Waals surface area contributed by atoms with E-state index in [1.54, 1.807) is 12.3 Å². The minimum atomic E-state index is -4.15. The number of methoxy groups -OCH3 is 1. The molecule has 4 rings (SSSR count). The van der Waals surface area contributed by atoms with Gasteiger partial charge in [0.1, 0.15) is 13.0 Å². The quantitative estimate of drug-likeness (QED) is 0.314. The molecular weight excluding hydrogens is 556 g/mol. The number of hydrogen-bond acceptors (Lipinski definition) is 7. The first-order valence-electron chi connectivity index (χ1n) is 9.72. The van der Waals surface area contributed by atoms with E-state index in [1.165, 1.54) is 18.6 Å². The molecule has 0 radical (unpaired) electrons. The Morgan fingerprint density at radius 1 is 1.27 bits per heavy atom. The van der Waals surface area contributed by atoms with Crippen molar-refractivity contribution in [2.45, 2.75) is 37.4 Å². The minimum Gasteiger partial charge on any atom is -0.481 e. The van der Waals surface area contributed by atoms with Crippen molar-refractivity contribution in [3.8, 4) is 5.88 Å². The van der Waals surface area contributed by atoms with E-state index >= 15 is 0 Å². The molecule has 2 N–H and O–H groups in total. The van der Waals surface area contributed by atoms with Crippen LogP contribution >= 0.6 is 27.5 Å². The zero-order chi connectivity index (χ0) is 24.1. The summed E-state index contributed by atoms with van der Waals surface area (Å²) >= 11 is 4.83. The predicted molar refractivity (Wildman–Crippen MR) is 131 cm³/mol. The van der Waals surface area contributed by atoms with E-state index < -0.39 is 30.9 Å². The summed E-state index contributed by atoms with van der Waals surface area (Å²) in [5, 5.41) is 1.97. The van der Waals surface area contributed by atoms with E-state index in [9.17, 15) is 17.2 Å². The number of fused-ring (bicyclic) bond motifs is 3. The zero-order valence-corrected chi connectivity index (χ0v) is 22.3. The van der Waals surface area contributed by atoms with Crippen LogP contribution in [0.25, 0.3) is 21.0 Å². The minimum absolute atomic E-state index is 0.0848. The molecule has 0 aliphatic heterocycles. The number of H-pyrrole nitrogens is 1. The van der Waals surface area contributed by atoms with Crippen LogP contribution in [0, 0.1) is 0 Å². The lowest BCUT2D eigenvalue weighted by molar-refractivity contribution is 0.147. The van der Waals surface area contributed by atoms with Gasteiger partial charge >= 0.3 is 0 Å². The number of sulfonamides is 1. The average molecular weight is 577 g/mol. The van der Waals surface area contributed by atoms with Gasteiger partial charge in [0.15, 0.2) is 0 Å². The van der Waals surface area contributed by atoms with Crippen LogP contribution in [0.2, 0.25) is 19.6 Å². The lowest BCUT2D eigenvalue weighted by atomic mass is 10.2. The molecule has 14 heteroatoms. The predicted octanol–water partition coefficient (Wildman–Crippen LogP) is 4.49. The number of benzene rings is 1. The first-order valence-corrected chi connectivity index (χ1v) is 16.3. The highest BCUT2D eigenvalue weighted by molar-refractivity contribution is 9.10. The maximum absolute atomic E-state index is 13.6. The van der Waals surface area contributed by atoms with E-state index in [-0.39, 0.29) is 22.3 Å². The van der Waals surface area contributed by atoms with Crippen LogP contribution in [0.3, 0.4) is 0 Å². The third kappa shape index (κ3) is 4.48. The molecule has 4 aromatic rings. The number of aromatic nitrogens is 4. The van der Waals surface area contributed by atoms with Crippen molar-refractivity contribution in [3.05, 3.63) is 28.5 Å². The van der Waals surface area contributed by atoms with Crippen molar-refractivity contribution in [2.24, 2.45) is 0 Å². The van der Waals surface area contributed by atoms with E-state index in [0.717, 1.165) is 20.8 Å². The van der Waals surface area contributed by atoms with Crippen LogP contribution in [-0.4, -0.2) is 49.4 Å². The highest BCUT2D eigenvalue weighted by Crippen LogP contribution is 2.37. The van der Waals surface area contributed by atoms with Crippen molar-refractivity contribution < 1.29 is 21.9 Å². The second-order valence-electron chi connectivity index (χ2n) is 8.36. The Bertz CT molecular complexity index is 1470. The Kier molecular flexibility index (Phi) is 6.22. The molecule has 0 saturated carbocycles. The Balaban J connectivity index is 1.88. The summed E-state index contributed by atoms with van der Waals surface area (Å²) in [6, 6.07) is 1.76. The molecule has 0 fully saturated rings. The van der Waals surface area contributed by atoms with E-state index in [4.69, 9.17) is 4.74 Å². The molecule has 0 atom stereocenters. The normalized spacial score (nSPS) is 12.7. The summed E-state index contributed by atoms with van der Waals surface area (Å²) < 4.78 is 66.2. The molecule has 8 nitrogen and oxygen atoms in total. The molecule has 0 aliphatic carbocycles. The molecule has 3 aromatic heterocycles. The van der Waals surface area contributed by atoms with Gasteiger partial charge < -0.3 is 9.72 Å². The Morgan fingerprint density at radius 3 is 2.64 bits per heavy atom. The third-order valence-corrected chi connectivity index (χ3v) is 10.1. The molecule has 33 heavy (non-hydrogen) atoms. The maximum atomic E-state index is 13.6. The topological polar surface area (TPSA) is 110 Å². The average Bonchev–Trinajstić information content (AvgIpc) is 3.33. The Morgan fingerprint density at radius 2 is 2.00 bits per heavy atom. The van der Waals surface area contributed by atoms with Crippen LogP contribution in [-0.2, 0) is 16.4 Å². The number of nitrogens with zero attached hydrogens (tertiary/aromatic N) is 3. The molecule has 0 amide bonds. The number of alkyl halides is 2.